The molecule has 0 aliphatic carbocycles. The van der Waals surface area contributed by atoms with Crippen LogP contribution in [0.15, 0.2) is 34.9 Å². The first-order valence-electron chi connectivity index (χ1n) is 6.17. The Bertz CT molecular complexity index is 546. The summed E-state index contributed by atoms with van der Waals surface area (Å²) in [6, 6.07) is 9.40. The standard InChI is InChI=1S/C14H17N3O2/c1-10-8-13(17-19-10)9-14(18)16-7-6-11-2-4-12(15)5-3-11/h2-5,8H,6-7,9,15H2,1H3,(H,16,18). The highest BCUT2D eigenvalue weighted by atomic mass is 16.5. The number of hydrogen-bond donors (Lipinski definition) is 2. The molecule has 2 aromatic rings. The molecule has 0 aliphatic heterocycles. The Kier molecular flexibility index (Phi) is 4.18. The van der Waals surface area contributed by atoms with Crippen molar-refractivity contribution in [3.63, 3.8) is 0 Å². The number of nitrogen functional groups attached to an aromatic ring is 1. The van der Waals surface area contributed by atoms with Crippen molar-refractivity contribution in [2.75, 3.05) is 12.3 Å². The van der Waals surface area contributed by atoms with Gasteiger partial charge >= 0.3 is 0 Å². The van der Waals surface area contributed by atoms with E-state index in [2.05, 4.69) is 10.5 Å². The Hall–Kier alpha value is -2.30. The predicted molar refractivity (Wildman–Crippen MR) is 72.5 cm³/mol. The summed E-state index contributed by atoms with van der Waals surface area (Å²) in [6.45, 7) is 2.40. The van der Waals surface area contributed by atoms with Crippen LogP contribution in [0.4, 0.5) is 5.69 Å². The van der Waals surface area contributed by atoms with E-state index in [0.29, 0.717) is 18.0 Å². The van der Waals surface area contributed by atoms with Crippen LogP contribution in [0.1, 0.15) is 17.0 Å². The highest BCUT2D eigenvalue weighted by Crippen LogP contribution is 2.05. The number of aryl methyl sites for hydroxylation is 1. The summed E-state index contributed by atoms with van der Waals surface area (Å²) in [4.78, 5) is 11.7. The van der Waals surface area contributed by atoms with E-state index in [1.54, 1.807) is 13.0 Å². The predicted octanol–water partition coefficient (Wildman–Crippen LogP) is 1.47. The maximum atomic E-state index is 11.7. The summed E-state index contributed by atoms with van der Waals surface area (Å²) in [5.74, 6) is 0.661. The second-order valence-electron chi connectivity index (χ2n) is 4.45. The molecule has 5 heteroatoms. The van der Waals surface area contributed by atoms with Gasteiger partial charge in [0.2, 0.25) is 5.91 Å². The zero-order valence-electron chi connectivity index (χ0n) is 10.8. The Labute approximate surface area is 111 Å². The lowest BCUT2D eigenvalue weighted by Gasteiger charge is -2.04. The Morgan fingerprint density at radius 1 is 1.37 bits per heavy atom. The summed E-state index contributed by atoms with van der Waals surface area (Å²) >= 11 is 0. The van der Waals surface area contributed by atoms with Gasteiger partial charge < -0.3 is 15.6 Å². The number of nitrogens with zero attached hydrogens (tertiary/aromatic N) is 1. The van der Waals surface area contributed by atoms with Crippen molar-refractivity contribution >= 4 is 11.6 Å². The third-order valence-corrected chi connectivity index (χ3v) is 2.73. The van der Waals surface area contributed by atoms with Crippen LogP contribution in [-0.4, -0.2) is 17.6 Å². The molecule has 5 nitrogen and oxygen atoms in total. The molecule has 0 aliphatic rings. The molecule has 19 heavy (non-hydrogen) atoms. The largest absolute Gasteiger partial charge is 0.399 e. The van der Waals surface area contributed by atoms with Gasteiger partial charge in [-0.2, -0.15) is 0 Å². The van der Waals surface area contributed by atoms with E-state index >= 15 is 0 Å². The van der Waals surface area contributed by atoms with E-state index in [1.165, 1.54) is 0 Å². The first kappa shape index (κ1) is 13.1. The molecule has 0 spiro atoms. The van der Waals surface area contributed by atoms with Gasteiger partial charge in [0.05, 0.1) is 12.1 Å². The quantitative estimate of drug-likeness (QED) is 0.797. The number of carbonyl (C=O) groups excluding carboxylic acids is 1. The van der Waals surface area contributed by atoms with Crippen molar-refractivity contribution < 1.29 is 9.32 Å². The molecule has 3 N–H and O–H groups in total. The number of nitrogens with two attached hydrogens (primary N) is 1. The molecule has 1 aromatic heterocycles. The topological polar surface area (TPSA) is 81.2 Å². The fourth-order valence-corrected chi connectivity index (χ4v) is 1.76. The van der Waals surface area contributed by atoms with Crippen molar-refractivity contribution in [1.29, 1.82) is 0 Å². The summed E-state index contributed by atoms with van der Waals surface area (Å²) in [5.41, 5.74) is 8.15. The zero-order chi connectivity index (χ0) is 13.7. The van der Waals surface area contributed by atoms with Crippen LogP contribution >= 0.6 is 0 Å². The lowest BCUT2D eigenvalue weighted by molar-refractivity contribution is -0.120. The van der Waals surface area contributed by atoms with Gasteiger partial charge in [-0.3, -0.25) is 4.79 Å². The average molecular weight is 259 g/mol. The van der Waals surface area contributed by atoms with E-state index < -0.39 is 0 Å². The fourth-order valence-electron chi connectivity index (χ4n) is 1.76. The summed E-state index contributed by atoms with van der Waals surface area (Å²) in [7, 11) is 0. The lowest BCUT2D eigenvalue weighted by atomic mass is 10.1. The lowest BCUT2D eigenvalue weighted by Crippen LogP contribution is -2.27. The van der Waals surface area contributed by atoms with Crippen molar-refractivity contribution in [3.8, 4) is 0 Å². The van der Waals surface area contributed by atoms with Crippen LogP contribution in [0.3, 0.4) is 0 Å². The molecule has 0 saturated heterocycles. The van der Waals surface area contributed by atoms with Crippen LogP contribution in [0.2, 0.25) is 0 Å². The molecular weight excluding hydrogens is 242 g/mol. The molecule has 0 unspecified atom stereocenters. The van der Waals surface area contributed by atoms with Crippen LogP contribution in [-0.2, 0) is 17.6 Å². The molecular formula is C14H17N3O2. The third-order valence-electron chi connectivity index (χ3n) is 2.73. The van der Waals surface area contributed by atoms with Crippen LogP contribution in [0.25, 0.3) is 0 Å². The Balaban J connectivity index is 1.73. The summed E-state index contributed by atoms with van der Waals surface area (Å²) in [5, 5.41) is 6.63. The Morgan fingerprint density at radius 2 is 2.11 bits per heavy atom. The molecule has 0 atom stereocenters. The number of hydrogen-bond acceptors (Lipinski definition) is 4. The SMILES string of the molecule is Cc1cc(CC(=O)NCCc2ccc(N)cc2)no1. The smallest absolute Gasteiger partial charge is 0.226 e. The average Bonchev–Trinajstić information content (AvgIpc) is 2.77. The van der Waals surface area contributed by atoms with E-state index in [9.17, 15) is 4.79 Å². The number of amides is 1. The first-order chi connectivity index (χ1) is 9.13. The number of nitrogens with one attached hydrogen (secondary N) is 1. The van der Waals surface area contributed by atoms with E-state index in [1.807, 2.05) is 24.3 Å². The van der Waals surface area contributed by atoms with Crippen LogP contribution < -0.4 is 11.1 Å². The summed E-state index contributed by atoms with van der Waals surface area (Å²) in [6.07, 6.45) is 1.03. The number of benzene rings is 1. The van der Waals surface area contributed by atoms with E-state index in [4.69, 9.17) is 10.3 Å². The first-order valence-corrected chi connectivity index (χ1v) is 6.17. The molecule has 1 amide bonds. The number of anilines is 1. The minimum absolute atomic E-state index is 0.0521. The van der Waals surface area contributed by atoms with Gasteiger partial charge in [-0.05, 0) is 31.0 Å². The van der Waals surface area contributed by atoms with Crippen molar-refractivity contribution in [3.05, 3.63) is 47.3 Å². The van der Waals surface area contributed by atoms with Gasteiger partial charge in [0.25, 0.3) is 0 Å². The van der Waals surface area contributed by atoms with E-state index in [0.717, 1.165) is 17.7 Å². The zero-order valence-corrected chi connectivity index (χ0v) is 10.8. The molecule has 100 valence electrons. The number of rotatable bonds is 5. The van der Waals surface area contributed by atoms with Gasteiger partial charge in [0.1, 0.15) is 5.76 Å². The fraction of sp³-hybridized carbons (Fsp3) is 0.286. The third kappa shape index (κ3) is 4.13. The number of aromatic nitrogens is 1. The highest BCUT2D eigenvalue weighted by Gasteiger charge is 2.06. The van der Waals surface area contributed by atoms with Gasteiger partial charge in [-0.1, -0.05) is 17.3 Å². The molecule has 0 bridgehead atoms. The molecule has 0 radical (unpaired) electrons. The molecule has 1 heterocycles. The van der Waals surface area contributed by atoms with Crippen molar-refractivity contribution in [2.45, 2.75) is 19.8 Å². The molecule has 0 saturated carbocycles. The highest BCUT2D eigenvalue weighted by molar-refractivity contribution is 5.78. The van der Waals surface area contributed by atoms with Crippen LogP contribution in [0.5, 0.6) is 0 Å². The summed E-state index contributed by atoms with van der Waals surface area (Å²) < 4.78 is 4.91. The monoisotopic (exact) mass is 259 g/mol. The number of carbonyl (C=O) groups is 1. The van der Waals surface area contributed by atoms with Gasteiger partial charge in [0.15, 0.2) is 0 Å². The second-order valence-corrected chi connectivity index (χ2v) is 4.45. The second kappa shape index (κ2) is 6.04. The normalized spacial score (nSPS) is 10.4. The van der Waals surface area contributed by atoms with Crippen LogP contribution in [0, 0.1) is 6.92 Å². The molecule has 0 fully saturated rings. The van der Waals surface area contributed by atoms with Gasteiger partial charge in [0, 0.05) is 18.3 Å². The van der Waals surface area contributed by atoms with Gasteiger partial charge in [-0.15, -0.1) is 0 Å². The van der Waals surface area contributed by atoms with Crippen molar-refractivity contribution in [2.24, 2.45) is 0 Å². The van der Waals surface area contributed by atoms with Crippen molar-refractivity contribution in [1.82, 2.24) is 10.5 Å². The maximum Gasteiger partial charge on any atom is 0.226 e. The molecule has 2 rings (SSSR count). The Morgan fingerprint density at radius 3 is 2.74 bits per heavy atom. The minimum Gasteiger partial charge on any atom is -0.399 e. The molecule has 1 aromatic carbocycles. The van der Waals surface area contributed by atoms with E-state index in [-0.39, 0.29) is 12.3 Å². The van der Waals surface area contributed by atoms with Gasteiger partial charge in [-0.25, -0.2) is 0 Å². The maximum absolute atomic E-state index is 11.7. The minimum atomic E-state index is -0.0521.